The molecule has 3 nitrogen and oxygen atoms in total. The average molecular weight is 285 g/mol. The van der Waals surface area contributed by atoms with Gasteiger partial charge in [0.25, 0.3) is 0 Å². The summed E-state index contributed by atoms with van der Waals surface area (Å²) >= 11 is 3.01. The summed E-state index contributed by atoms with van der Waals surface area (Å²) in [5.74, 6) is 1.40. The van der Waals surface area contributed by atoms with E-state index in [1.54, 1.807) is 6.07 Å². The van der Waals surface area contributed by atoms with Crippen LogP contribution in [0.15, 0.2) is 22.7 Å². The van der Waals surface area contributed by atoms with E-state index in [1.165, 1.54) is 12.1 Å². The van der Waals surface area contributed by atoms with Gasteiger partial charge in [0.15, 0.2) is 0 Å². The highest BCUT2D eigenvalue weighted by atomic mass is 79.9. The number of hydrogen-bond donors (Lipinski definition) is 2. The monoisotopic (exact) mass is 284 g/mol. The van der Waals surface area contributed by atoms with Crippen molar-refractivity contribution in [3.05, 3.63) is 28.5 Å². The zero-order valence-electron chi connectivity index (χ0n) is 8.34. The fourth-order valence-electron chi connectivity index (χ4n) is 1.03. The average Bonchev–Trinajstić information content (AvgIpc) is 2.24. The minimum Gasteiger partial charge on any atom is -0.325 e. The number of hydrogen-bond acceptors (Lipinski definition) is 2. The molecular formula is C11H10BrFN2O. The fraction of sp³-hybridized carbons (Fsp3) is 0.182. The number of terminal acetylenes is 1. The second kappa shape index (κ2) is 5.64. The molecule has 0 aliphatic rings. The minimum atomic E-state index is -0.781. The van der Waals surface area contributed by atoms with E-state index in [1.807, 2.05) is 0 Å². The van der Waals surface area contributed by atoms with Crippen LogP contribution in [0.25, 0.3) is 0 Å². The lowest BCUT2D eigenvalue weighted by atomic mass is 10.2. The van der Waals surface area contributed by atoms with Crippen LogP contribution in [-0.4, -0.2) is 11.9 Å². The van der Waals surface area contributed by atoms with Gasteiger partial charge in [-0.3, -0.25) is 4.79 Å². The molecule has 1 rings (SSSR count). The summed E-state index contributed by atoms with van der Waals surface area (Å²) in [6, 6.07) is 3.48. The van der Waals surface area contributed by atoms with Crippen molar-refractivity contribution in [2.45, 2.75) is 12.5 Å². The van der Waals surface area contributed by atoms with E-state index < -0.39 is 17.8 Å². The first-order valence-electron chi connectivity index (χ1n) is 4.49. The number of nitrogens with one attached hydrogen (secondary N) is 1. The topological polar surface area (TPSA) is 55.1 Å². The molecule has 0 saturated carbocycles. The summed E-state index contributed by atoms with van der Waals surface area (Å²) in [5.41, 5.74) is 5.83. The third-order valence-electron chi connectivity index (χ3n) is 1.86. The first kappa shape index (κ1) is 12.7. The number of halogens is 2. The molecule has 0 aromatic heterocycles. The Bertz CT molecular complexity index is 442. The van der Waals surface area contributed by atoms with Gasteiger partial charge in [-0.2, -0.15) is 0 Å². The van der Waals surface area contributed by atoms with Gasteiger partial charge in [-0.25, -0.2) is 4.39 Å². The molecule has 0 heterocycles. The van der Waals surface area contributed by atoms with Crippen LogP contribution in [0.3, 0.4) is 0 Å². The van der Waals surface area contributed by atoms with E-state index in [4.69, 9.17) is 12.2 Å². The van der Waals surface area contributed by atoms with Crippen molar-refractivity contribution in [2.75, 3.05) is 5.32 Å². The van der Waals surface area contributed by atoms with Crippen molar-refractivity contribution < 1.29 is 9.18 Å². The van der Waals surface area contributed by atoms with E-state index in [0.29, 0.717) is 10.2 Å². The second-order valence-corrected chi connectivity index (χ2v) is 3.99. The first-order chi connectivity index (χ1) is 7.54. The molecular weight excluding hydrogens is 275 g/mol. The van der Waals surface area contributed by atoms with Gasteiger partial charge in [-0.05, 0) is 34.1 Å². The Labute approximate surface area is 101 Å². The molecule has 0 aliphatic carbocycles. The highest BCUT2D eigenvalue weighted by molar-refractivity contribution is 9.10. The van der Waals surface area contributed by atoms with Crippen molar-refractivity contribution in [1.82, 2.24) is 0 Å². The van der Waals surface area contributed by atoms with Crippen LogP contribution >= 0.6 is 15.9 Å². The number of carbonyl (C=O) groups excluding carboxylic acids is 1. The fourth-order valence-corrected chi connectivity index (χ4v) is 1.28. The van der Waals surface area contributed by atoms with Gasteiger partial charge in [-0.15, -0.1) is 12.3 Å². The zero-order valence-corrected chi connectivity index (χ0v) is 9.92. The van der Waals surface area contributed by atoms with Crippen molar-refractivity contribution in [2.24, 2.45) is 5.73 Å². The normalized spacial score (nSPS) is 11.6. The van der Waals surface area contributed by atoms with Crippen LogP contribution in [0.2, 0.25) is 0 Å². The highest BCUT2D eigenvalue weighted by Crippen LogP contribution is 2.19. The number of carbonyl (C=O) groups is 1. The number of benzene rings is 1. The number of nitrogens with two attached hydrogens (primary N) is 1. The Kier molecular flexibility index (Phi) is 4.47. The molecule has 5 heteroatoms. The minimum absolute atomic E-state index is 0.144. The standard InChI is InChI=1S/C11H10BrFN2O/c1-2-3-10(14)11(16)15-7-4-5-8(12)9(13)6-7/h1,4-6,10H,3,14H2,(H,15,16). The molecule has 0 radical (unpaired) electrons. The van der Waals surface area contributed by atoms with Crippen LogP contribution in [0.5, 0.6) is 0 Å². The molecule has 1 aromatic carbocycles. The predicted octanol–water partition coefficient (Wildman–Crippen LogP) is 1.88. The SMILES string of the molecule is C#CCC(N)C(=O)Nc1ccc(Br)c(F)c1. The van der Waals surface area contributed by atoms with Crippen molar-refractivity contribution in [1.29, 1.82) is 0 Å². The third kappa shape index (κ3) is 3.33. The van der Waals surface area contributed by atoms with Crippen molar-refractivity contribution >= 4 is 27.5 Å². The summed E-state index contributed by atoms with van der Waals surface area (Å²) in [6.45, 7) is 0. The van der Waals surface area contributed by atoms with Gasteiger partial charge in [0.1, 0.15) is 5.82 Å². The second-order valence-electron chi connectivity index (χ2n) is 3.13. The number of rotatable bonds is 3. The van der Waals surface area contributed by atoms with Crippen LogP contribution in [0.1, 0.15) is 6.42 Å². The largest absolute Gasteiger partial charge is 0.325 e. The van der Waals surface area contributed by atoms with Crippen molar-refractivity contribution in [3.63, 3.8) is 0 Å². The van der Waals surface area contributed by atoms with E-state index in [2.05, 4.69) is 27.2 Å². The molecule has 1 amide bonds. The van der Waals surface area contributed by atoms with E-state index in [-0.39, 0.29) is 6.42 Å². The first-order valence-corrected chi connectivity index (χ1v) is 5.29. The quantitative estimate of drug-likeness (QED) is 0.833. The van der Waals surface area contributed by atoms with Gasteiger partial charge >= 0.3 is 0 Å². The molecule has 1 atom stereocenters. The molecule has 0 spiro atoms. The molecule has 1 unspecified atom stereocenters. The number of amides is 1. The molecule has 0 fully saturated rings. The van der Waals surface area contributed by atoms with E-state index in [0.717, 1.165) is 0 Å². The molecule has 3 N–H and O–H groups in total. The lowest BCUT2D eigenvalue weighted by molar-refractivity contribution is -0.117. The lowest BCUT2D eigenvalue weighted by Crippen LogP contribution is -2.35. The van der Waals surface area contributed by atoms with Gasteiger partial charge in [0.2, 0.25) is 5.91 Å². The molecule has 0 aliphatic heterocycles. The zero-order chi connectivity index (χ0) is 12.1. The summed E-state index contributed by atoms with van der Waals surface area (Å²) < 4.78 is 13.4. The van der Waals surface area contributed by atoms with Crippen LogP contribution < -0.4 is 11.1 Å². The summed E-state index contributed by atoms with van der Waals surface area (Å²) in [7, 11) is 0. The summed E-state index contributed by atoms with van der Waals surface area (Å²) in [6.07, 6.45) is 5.17. The molecule has 16 heavy (non-hydrogen) atoms. The maximum absolute atomic E-state index is 13.1. The van der Waals surface area contributed by atoms with E-state index in [9.17, 15) is 9.18 Å². The summed E-state index contributed by atoms with van der Waals surface area (Å²) in [4.78, 5) is 11.4. The number of anilines is 1. The van der Waals surface area contributed by atoms with Gasteiger partial charge in [0, 0.05) is 12.1 Å². The Morgan fingerprint density at radius 1 is 1.69 bits per heavy atom. The Hall–Kier alpha value is -1.38. The maximum Gasteiger partial charge on any atom is 0.242 e. The highest BCUT2D eigenvalue weighted by Gasteiger charge is 2.12. The Balaban J connectivity index is 2.70. The Morgan fingerprint density at radius 2 is 2.38 bits per heavy atom. The van der Waals surface area contributed by atoms with Gasteiger partial charge < -0.3 is 11.1 Å². The molecule has 0 saturated heterocycles. The Morgan fingerprint density at radius 3 is 2.94 bits per heavy atom. The third-order valence-corrected chi connectivity index (χ3v) is 2.50. The smallest absolute Gasteiger partial charge is 0.242 e. The molecule has 1 aromatic rings. The van der Waals surface area contributed by atoms with Gasteiger partial charge in [0.05, 0.1) is 10.5 Å². The predicted molar refractivity (Wildman–Crippen MR) is 64.2 cm³/mol. The summed E-state index contributed by atoms with van der Waals surface area (Å²) in [5, 5.41) is 2.47. The van der Waals surface area contributed by atoms with Crippen molar-refractivity contribution in [3.8, 4) is 12.3 Å². The van der Waals surface area contributed by atoms with E-state index >= 15 is 0 Å². The van der Waals surface area contributed by atoms with Crippen LogP contribution in [0.4, 0.5) is 10.1 Å². The van der Waals surface area contributed by atoms with Crippen LogP contribution in [0, 0.1) is 18.2 Å². The van der Waals surface area contributed by atoms with Gasteiger partial charge in [-0.1, -0.05) is 0 Å². The molecule has 0 bridgehead atoms. The lowest BCUT2D eigenvalue weighted by Gasteiger charge is -2.09. The molecule has 84 valence electrons. The van der Waals surface area contributed by atoms with Crippen LogP contribution in [-0.2, 0) is 4.79 Å². The maximum atomic E-state index is 13.1.